The Balaban J connectivity index is 2.08. The second-order valence-electron chi connectivity index (χ2n) is 4.87. The van der Waals surface area contributed by atoms with Crippen LogP contribution in [0, 0.1) is 0 Å². The first kappa shape index (κ1) is 16.2. The van der Waals surface area contributed by atoms with Crippen LogP contribution in [0.4, 0.5) is 0 Å². The fraction of sp³-hybridized carbons (Fsp3) is 0.125. The van der Waals surface area contributed by atoms with Crippen molar-refractivity contribution in [3.05, 3.63) is 65.5 Å². The van der Waals surface area contributed by atoms with E-state index in [4.69, 9.17) is 10.8 Å². The molecule has 2 amide bonds. The molecule has 0 bridgehead atoms. The maximum Gasteiger partial charge on any atom is 0.335 e. The zero-order valence-corrected chi connectivity index (χ0v) is 12.1. The molecule has 0 spiro atoms. The molecule has 4 N–H and O–H groups in total. The zero-order valence-electron chi connectivity index (χ0n) is 12.1. The summed E-state index contributed by atoms with van der Waals surface area (Å²) in [4.78, 5) is 38.2. The molecule has 1 aromatic heterocycles. The van der Waals surface area contributed by atoms with Gasteiger partial charge in [-0.2, -0.15) is 0 Å². The van der Waals surface area contributed by atoms with E-state index >= 15 is 0 Å². The molecular weight excluding hydrogens is 298 g/mol. The molecule has 0 saturated heterocycles. The number of hydrogen-bond acceptors (Lipinski definition) is 4. The number of carbonyl (C=O) groups excluding carboxylic acids is 2. The number of primary amides is 1. The first-order valence-electron chi connectivity index (χ1n) is 6.80. The number of pyridine rings is 1. The minimum atomic E-state index is -1.03. The Kier molecular flexibility index (Phi) is 5.03. The maximum absolute atomic E-state index is 12.1. The van der Waals surface area contributed by atoms with Crippen LogP contribution in [-0.2, 0) is 11.2 Å². The van der Waals surface area contributed by atoms with Crippen LogP contribution in [0.15, 0.2) is 48.8 Å². The highest BCUT2D eigenvalue weighted by Crippen LogP contribution is 2.08. The Morgan fingerprint density at radius 2 is 1.65 bits per heavy atom. The van der Waals surface area contributed by atoms with Gasteiger partial charge < -0.3 is 16.2 Å². The van der Waals surface area contributed by atoms with E-state index < -0.39 is 23.8 Å². The van der Waals surface area contributed by atoms with E-state index in [1.54, 1.807) is 12.1 Å². The summed E-state index contributed by atoms with van der Waals surface area (Å²) in [5.41, 5.74) is 6.53. The molecule has 23 heavy (non-hydrogen) atoms. The summed E-state index contributed by atoms with van der Waals surface area (Å²) in [6.45, 7) is 0. The van der Waals surface area contributed by atoms with Crippen molar-refractivity contribution in [1.29, 1.82) is 0 Å². The second-order valence-corrected chi connectivity index (χ2v) is 4.87. The average Bonchev–Trinajstić information content (AvgIpc) is 2.55. The molecule has 118 valence electrons. The van der Waals surface area contributed by atoms with E-state index in [1.165, 1.54) is 36.7 Å². The van der Waals surface area contributed by atoms with Crippen LogP contribution in [0.3, 0.4) is 0 Å². The Morgan fingerprint density at radius 1 is 1.04 bits per heavy atom. The third kappa shape index (κ3) is 4.37. The minimum Gasteiger partial charge on any atom is -0.478 e. The van der Waals surface area contributed by atoms with E-state index in [0.29, 0.717) is 11.1 Å². The van der Waals surface area contributed by atoms with Gasteiger partial charge in [0.1, 0.15) is 6.04 Å². The van der Waals surface area contributed by atoms with Gasteiger partial charge in [0.15, 0.2) is 0 Å². The lowest BCUT2D eigenvalue weighted by atomic mass is 10.0. The van der Waals surface area contributed by atoms with Crippen LogP contribution in [0.25, 0.3) is 0 Å². The number of nitrogens with zero attached hydrogens (tertiary/aromatic N) is 1. The lowest BCUT2D eigenvalue weighted by Gasteiger charge is -2.15. The van der Waals surface area contributed by atoms with Gasteiger partial charge in [0, 0.05) is 24.4 Å². The third-order valence-electron chi connectivity index (χ3n) is 3.23. The smallest absolute Gasteiger partial charge is 0.335 e. The number of amides is 2. The Bertz CT molecular complexity index is 714. The number of carbonyl (C=O) groups is 3. The summed E-state index contributed by atoms with van der Waals surface area (Å²) < 4.78 is 0. The summed E-state index contributed by atoms with van der Waals surface area (Å²) >= 11 is 0. The molecule has 0 aliphatic rings. The van der Waals surface area contributed by atoms with Crippen molar-refractivity contribution in [3.63, 3.8) is 0 Å². The standard InChI is InChI=1S/C16H15N3O4/c17-14(20)13(19-15(21)11-5-7-18-8-6-11)9-10-1-3-12(4-2-10)16(22)23/h1-8,13H,9H2,(H2,17,20)(H,19,21)(H,22,23)/t13-/m0/s1. The van der Waals surface area contributed by atoms with Crippen LogP contribution in [0.2, 0.25) is 0 Å². The fourth-order valence-corrected chi connectivity index (χ4v) is 1.99. The quantitative estimate of drug-likeness (QED) is 0.721. The van der Waals surface area contributed by atoms with Gasteiger partial charge in [0.2, 0.25) is 5.91 Å². The predicted octanol–water partition coefficient (Wildman–Crippen LogP) is 0.606. The number of carboxylic acids is 1. The normalized spacial score (nSPS) is 11.5. The number of nitrogens with two attached hydrogens (primary N) is 1. The molecule has 7 heteroatoms. The summed E-state index contributed by atoms with van der Waals surface area (Å²) in [5, 5.41) is 11.4. The molecule has 0 aliphatic heterocycles. The van der Waals surface area contributed by atoms with Gasteiger partial charge in [-0.05, 0) is 29.8 Å². The van der Waals surface area contributed by atoms with Crippen molar-refractivity contribution in [2.45, 2.75) is 12.5 Å². The molecule has 0 radical (unpaired) electrons. The second kappa shape index (κ2) is 7.17. The highest BCUT2D eigenvalue weighted by Gasteiger charge is 2.19. The van der Waals surface area contributed by atoms with Crippen molar-refractivity contribution >= 4 is 17.8 Å². The number of aromatic carboxylic acids is 1. The summed E-state index contributed by atoms with van der Waals surface area (Å²) in [7, 11) is 0. The Hall–Kier alpha value is -3.22. The topological polar surface area (TPSA) is 122 Å². The SMILES string of the molecule is NC(=O)[C@H](Cc1ccc(C(=O)O)cc1)NC(=O)c1ccncc1. The molecule has 0 aliphatic carbocycles. The molecule has 0 fully saturated rings. The summed E-state index contributed by atoms with van der Waals surface area (Å²) in [6, 6.07) is 8.17. The van der Waals surface area contributed by atoms with Gasteiger partial charge in [-0.25, -0.2) is 4.79 Å². The van der Waals surface area contributed by atoms with Crippen molar-refractivity contribution < 1.29 is 19.5 Å². The monoisotopic (exact) mass is 313 g/mol. The fourth-order valence-electron chi connectivity index (χ4n) is 1.99. The molecule has 7 nitrogen and oxygen atoms in total. The number of carboxylic acid groups (broad SMARTS) is 1. The molecule has 1 heterocycles. The van der Waals surface area contributed by atoms with E-state index in [9.17, 15) is 14.4 Å². The molecule has 2 rings (SSSR count). The van der Waals surface area contributed by atoms with Gasteiger partial charge in [0.05, 0.1) is 5.56 Å². The van der Waals surface area contributed by atoms with Gasteiger partial charge in [-0.1, -0.05) is 12.1 Å². The van der Waals surface area contributed by atoms with Crippen molar-refractivity contribution in [2.24, 2.45) is 5.73 Å². The number of benzene rings is 1. The highest BCUT2D eigenvalue weighted by atomic mass is 16.4. The number of nitrogens with one attached hydrogen (secondary N) is 1. The predicted molar refractivity (Wildman–Crippen MR) is 81.8 cm³/mol. The van der Waals surface area contributed by atoms with Crippen molar-refractivity contribution in [2.75, 3.05) is 0 Å². The van der Waals surface area contributed by atoms with Crippen LogP contribution in [-0.4, -0.2) is 33.9 Å². The molecule has 1 aromatic carbocycles. The molecule has 2 aromatic rings. The lowest BCUT2D eigenvalue weighted by molar-refractivity contribution is -0.119. The number of hydrogen-bond donors (Lipinski definition) is 3. The molecular formula is C16H15N3O4. The van der Waals surface area contributed by atoms with Crippen LogP contribution in [0.1, 0.15) is 26.3 Å². The molecule has 0 saturated carbocycles. The summed E-state index contributed by atoms with van der Waals surface area (Å²) in [5.74, 6) is -2.14. The van der Waals surface area contributed by atoms with Crippen molar-refractivity contribution in [3.8, 4) is 0 Å². The third-order valence-corrected chi connectivity index (χ3v) is 3.23. The van der Waals surface area contributed by atoms with Gasteiger partial charge in [-0.3, -0.25) is 14.6 Å². The number of rotatable bonds is 6. The van der Waals surface area contributed by atoms with E-state index in [2.05, 4.69) is 10.3 Å². The minimum absolute atomic E-state index is 0.144. The van der Waals surface area contributed by atoms with Gasteiger partial charge in [0.25, 0.3) is 5.91 Å². The van der Waals surface area contributed by atoms with E-state index in [1.807, 2.05) is 0 Å². The van der Waals surface area contributed by atoms with Crippen molar-refractivity contribution in [1.82, 2.24) is 10.3 Å². The first-order chi connectivity index (χ1) is 11.0. The van der Waals surface area contributed by atoms with E-state index in [-0.39, 0.29) is 12.0 Å². The molecule has 1 atom stereocenters. The Morgan fingerprint density at radius 3 is 2.17 bits per heavy atom. The van der Waals surface area contributed by atoms with Crippen LogP contribution in [0.5, 0.6) is 0 Å². The van der Waals surface area contributed by atoms with Crippen LogP contribution >= 0.6 is 0 Å². The maximum atomic E-state index is 12.1. The van der Waals surface area contributed by atoms with Gasteiger partial charge in [-0.15, -0.1) is 0 Å². The van der Waals surface area contributed by atoms with E-state index in [0.717, 1.165) is 0 Å². The van der Waals surface area contributed by atoms with Gasteiger partial charge >= 0.3 is 5.97 Å². The van der Waals surface area contributed by atoms with Crippen LogP contribution < -0.4 is 11.1 Å². The molecule has 0 unspecified atom stereocenters. The summed E-state index contributed by atoms with van der Waals surface area (Å²) in [6.07, 6.45) is 3.11. The average molecular weight is 313 g/mol. The Labute approximate surface area is 132 Å². The lowest BCUT2D eigenvalue weighted by Crippen LogP contribution is -2.45. The highest BCUT2D eigenvalue weighted by molar-refractivity contribution is 5.97. The largest absolute Gasteiger partial charge is 0.478 e. The zero-order chi connectivity index (χ0) is 16.8. The first-order valence-corrected chi connectivity index (χ1v) is 6.80. The number of aromatic nitrogens is 1.